The Kier molecular flexibility index (Phi) is 4.59. The van der Waals surface area contributed by atoms with E-state index in [9.17, 15) is 4.79 Å². The fourth-order valence-corrected chi connectivity index (χ4v) is 5.29. The van der Waals surface area contributed by atoms with Crippen LogP contribution in [0.25, 0.3) is 11.3 Å². The van der Waals surface area contributed by atoms with E-state index in [0.29, 0.717) is 18.8 Å². The van der Waals surface area contributed by atoms with Crippen LogP contribution in [0.4, 0.5) is 5.69 Å². The molecule has 2 aromatic carbocycles. The van der Waals surface area contributed by atoms with E-state index in [0.717, 1.165) is 29.2 Å². The van der Waals surface area contributed by atoms with Crippen molar-refractivity contribution in [2.24, 2.45) is 0 Å². The first-order valence-electron chi connectivity index (χ1n) is 9.95. The molecule has 5 nitrogen and oxygen atoms in total. The number of rotatable bonds is 2. The molecule has 1 fully saturated rings. The lowest BCUT2D eigenvalue weighted by Crippen LogP contribution is -2.54. The Morgan fingerprint density at radius 1 is 1.17 bits per heavy atom. The molecule has 6 heteroatoms. The fourth-order valence-electron chi connectivity index (χ4n) is 4.23. The normalized spacial score (nSPS) is 18.3. The number of carbonyl (C=O) groups is 1. The molecule has 2 aliphatic rings. The number of carbonyl (C=O) groups excluding carboxylic acids is 1. The summed E-state index contributed by atoms with van der Waals surface area (Å²) in [4.78, 5) is 18.7. The van der Waals surface area contributed by atoms with Crippen molar-refractivity contribution in [1.29, 1.82) is 0 Å². The van der Waals surface area contributed by atoms with Crippen LogP contribution in [0, 0.1) is 6.92 Å². The summed E-state index contributed by atoms with van der Waals surface area (Å²) in [5.74, 6) is 1.44. The van der Waals surface area contributed by atoms with E-state index >= 15 is 0 Å². The highest BCUT2D eigenvalue weighted by Crippen LogP contribution is 2.42. The van der Waals surface area contributed by atoms with Gasteiger partial charge < -0.3 is 14.3 Å². The van der Waals surface area contributed by atoms with Crippen LogP contribution in [0.5, 0.6) is 0 Å². The molecular weight excluding hydrogens is 382 g/mol. The maximum absolute atomic E-state index is 13.3. The first-order valence-corrected chi connectivity index (χ1v) is 10.9. The summed E-state index contributed by atoms with van der Waals surface area (Å²) >= 11 is 1.73. The number of hydrogen-bond acceptors (Lipinski definition) is 5. The van der Waals surface area contributed by atoms with Crippen molar-refractivity contribution in [2.45, 2.75) is 30.5 Å². The van der Waals surface area contributed by atoms with Gasteiger partial charge in [-0.05, 0) is 43.7 Å². The summed E-state index contributed by atoms with van der Waals surface area (Å²) in [7, 11) is 0. The Bertz CT molecular complexity index is 1080. The van der Waals surface area contributed by atoms with Gasteiger partial charge in [0.15, 0.2) is 11.5 Å². The molecule has 0 spiro atoms. The number of thioether (sulfide) groups is 1. The molecule has 29 heavy (non-hydrogen) atoms. The molecule has 0 N–H and O–H groups in total. The van der Waals surface area contributed by atoms with Crippen LogP contribution < -0.4 is 4.90 Å². The van der Waals surface area contributed by atoms with Gasteiger partial charge in [-0.1, -0.05) is 29.4 Å². The molecule has 2 aliphatic heterocycles. The average Bonchev–Trinajstić information content (AvgIpc) is 3.18. The molecule has 148 valence electrons. The second-order valence-corrected chi connectivity index (χ2v) is 8.77. The van der Waals surface area contributed by atoms with Gasteiger partial charge in [0.05, 0.1) is 0 Å². The molecule has 1 atom stereocenters. The highest BCUT2D eigenvalue weighted by atomic mass is 32.2. The van der Waals surface area contributed by atoms with Crippen molar-refractivity contribution >= 4 is 23.4 Å². The van der Waals surface area contributed by atoms with E-state index in [1.165, 1.54) is 16.1 Å². The average molecular weight is 406 g/mol. The minimum atomic E-state index is -0.0225. The Morgan fingerprint density at radius 3 is 2.86 bits per heavy atom. The van der Waals surface area contributed by atoms with Gasteiger partial charge in [0.2, 0.25) is 0 Å². The van der Waals surface area contributed by atoms with Gasteiger partial charge in [-0.3, -0.25) is 4.79 Å². The van der Waals surface area contributed by atoms with E-state index in [-0.39, 0.29) is 11.9 Å². The molecule has 1 amide bonds. The van der Waals surface area contributed by atoms with E-state index in [1.54, 1.807) is 11.8 Å². The summed E-state index contributed by atoms with van der Waals surface area (Å²) in [6.45, 7) is 6.46. The number of fused-ring (bicyclic) bond motifs is 3. The maximum Gasteiger partial charge on any atom is 0.276 e. The van der Waals surface area contributed by atoms with Crippen LogP contribution in [0.3, 0.4) is 0 Å². The second-order valence-electron chi connectivity index (χ2n) is 7.76. The smallest absolute Gasteiger partial charge is 0.276 e. The van der Waals surface area contributed by atoms with Crippen molar-refractivity contribution in [1.82, 2.24) is 10.1 Å². The topological polar surface area (TPSA) is 49.6 Å². The van der Waals surface area contributed by atoms with Crippen molar-refractivity contribution in [2.75, 3.05) is 24.5 Å². The van der Waals surface area contributed by atoms with E-state index in [1.807, 2.05) is 23.1 Å². The van der Waals surface area contributed by atoms with Crippen LogP contribution in [0.2, 0.25) is 0 Å². The third kappa shape index (κ3) is 3.21. The summed E-state index contributed by atoms with van der Waals surface area (Å²) < 4.78 is 5.63. The van der Waals surface area contributed by atoms with Crippen LogP contribution in [0.1, 0.15) is 28.5 Å². The zero-order valence-electron chi connectivity index (χ0n) is 16.6. The minimum Gasteiger partial charge on any atom is -0.365 e. The van der Waals surface area contributed by atoms with Gasteiger partial charge in [-0.25, -0.2) is 0 Å². The molecule has 1 saturated heterocycles. The third-order valence-electron chi connectivity index (χ3n) is 5.74. The molecule has 0 unspecified atom stereocenters. The molecule has 0 bridgehead atoms. The Morgan fingerprint density at radius 2 is 2.03 bits per heavy atom. The van der Waals surface area contributed by atoms with Crippen molar-refractivity contribution < 1.29 is 9.32 Å². The summed E-state index contributed by atoms with van der Waals surface area (Å²) in [6.07, 6.45) is 0. The van der Waals surface area contributed by atoms with Gasteiger partial charge in [0.25, 0.3) is 5.91 Å². The number of aromatic nitrogens is 1. The SMILES string of the molecule is Cc1cccc(N2CCN(C(=O)c3noc4c3CSc3ccccc3-4)C[C@@H]2C)c1. The van der Waals surface area contributed by atoms with Gasteiger partial charge >= 0.3 is 0 Å². The van der Waals surface area contributed by atoms with Crippen LogP contribution >= 0.6 is 11.8 Å². The summed E-state index contributed by atoms with van der Waals surface area (Å²) in [5.41, 5.74) is 4.89. The number of aryl methyl sites for hydroxylation is 1. The predicted octanol–water partition coefficient (Wildman–Crippen LogP) is 4.61. The molecule has 0 radical (unpaired) electrons. The molecule has 0 aliphatic carbocycles. The first-order chi connectivity index (χ1) is 14.1. The Hall–Kier alpha value is -2.73. The number of amides is 1. The Labute approximate surface area is 174 Å². The third-order valence-corrected chi connectivity index (χ3v) is 6.84. The summed E-state index contributed by atoms with van der Waals surface area (Å²) in [6, 6.07) is 16.9. The second kappa shape index (κ2) is 7.26. The quantitative estimate of drug-likeness (QED) is 0.623. The highest BCUT2D eigenvalue weighted by Gasteiger charge is 2.33. The van der Waals surface area contributed by atoms with Gasteiger partial charge in [0.1, 0.15) is 0 Å². The van der Waals surface area contributed by atoms with E-state index in [4.69, 9.17) is 4.52 Å². The lowest BCUT2D eigenvalue weighted by molar-refractivity contribution is 0.0715. The number of nitrogens with zero attached hydrogens (tertiary/aromatic N) is 3. The van der Waals surface area contributed by atoms with Crippen LogP contribution in [-0.2, 0) is 5.75 Å². The fraction of sp³-hybridized carbons (Fsp3) is 0.304. The van der Waals surface area contributed by atoms with E-state index in [2.05, 4.69) is 54.2 Å². The first kappa shape index (κ1) is 18.3. The maximum atomic E-state index is 13.3. The zero-order chi connectivity index (χ0) is 20.0. The predicted molar refractivity (Wildman–Crippen MR) is 115 cm³/mol. The van der Waals surface area contributed by atoms with Crippen molar-refractivity contribution in [3.8, 4) is 11.3 Å². The monoisotopic (exact) mass is 405 g/mol. The van der Waals surface area contributed by atoms with Crippen LogP contribution in [-0.4, -0.2) is 41.6 Å². The van der Waals surface area contributed by atoms with Crippen molar-refractivity contribution in [3.05, 3.63) is 65.4 Å². The van der Waals surface area contributed by atoms with Gasteiger partial charge in [0, 0.05) is 53.1 Å². The lowest BCUT2D eigenvalue weighted by Gasteiger charge is -2.41. The highest BCUT2D eigenvalue weighted by molar-refractivity contribution is 7.98. The van der Waals surface area contributed by atoms with Gasteiger partial charge in [-0.2, -0.15) is 0 Å². The molecular formula is C23H23N3O2S. The standard InChI is InChI=1S/C23H23N3O2S/c1-15-6-5-7-17(12-15)26-11-10-25(13-16(26)2)23(27)21-19-14-29-20-9-4-3-8-18(20)22(19)28-24-21/h3-9,12,16H,10-11,13-14H2,1-2H3/t16-/m0/s1. The molecule has 5 rings (SSSR count). The largest absolute Gasteiger partial charge is 0.365 e. The van der Waals surface area contributed by atoms with E-state index < -0.39 is 0 Å². The number of anilines is 1. The molecule has 1 aromatic heterocycles. The summed E-state index contributed by atoms with van der Waals surface area (Å²) in [5, 5.41) is 4.19. The Balaban J connectivity index is 1.36. The molecule has 3 aromatic rings. The number of hydrogen-bond donors (Lipinski definition) is 0. The van der Waals surface area contributed by atoms with Gasteiger partial charge in [-0.15, -0.1) is 11.8 Å². The molecule has 0 saturated carbocycles. The number of piperazine rings is 1. The molecule has 3 heterocycles. The lowest BCUT2D eigenvalue weighted by atomic mass is 10.1. The number of benzene rings is 2. The minimum absolute atomic E-state index is 0.0225. The zero-order valence-corrected chi connectivity index (χ0v) is 17.4. The van der Waals surface area contributed by atoms with Crippen molar-refractivity contribution in [3.63, 3.8) is 0 Å². The van der Waals surface area contributed by atoms with Crippen LogP contribution in [0.15, 0.2) is 57.9 Å².